The van der Waals surface area contributed by atoms with Crippen LogP contribution in [0.15, 0.2) is 0 Å². The average molecular weight is 598 g/mol. The lowest BCUT2D eigenvalue weighted by molar-refractivity contribution is -0.435. The summed E-state index contributed by atoms with van der Waals surface area (Å²) in [5.41, 5.74) is 0. The zero-order valence-corrected chi connectivity index (χ0v) is 23.8. The van der Waals surface area contributed by atoms with Crippen LogP contribution < -0.4 is 0 Å². The maximum Gasteiger partial charge on any atom is 0.198 e. The average Bonchev–Trinajstić information content (AvgIpc) is 3.14. The van der Waals surface area contributed by atoms with Crippen molar-refractivity contribution in [3.63, 3.8) is 0 Å². The molecular weight excluding hydrogens is 556 g/mol. The van der Waals surface area contributed by atoms with Crippen LogP contribution in [0.4, 0.5) is 0 Å². The lowest BCUT2D eigenvalue weighted by Gasteiger charge is -2.47. The van der Waals surface area contributed by atoms with Gasteiger partial charge in [0.25, 0.3) is 0 Å². The van der Waals surface area contributed by atoms with Crippen LogP contribution in [0.2, 0.25) is 0 Å². The molecule has 9 atom stereocenters. The summed E-state index contributed by atoms with van der Waals surface area (Å²) in [4.78, 5) is 0. The molecule has 226 valence electrons. The summed E-state index contributed by atoms with van der Waals surface area (Å²) >= 11 is 0.344. The molecule has 2 aliphatic rings. The molecule has 0 amide bonds. The summed E-state index contributed by atoms with van der Waals surface area (Å²) in [6, 6.07) is 0. The van der Waals surface area contributed by atoms with E-state index in [1.807, 2.05) is 0 Å². The predicted octanol–water partition coefficient (Wildman–Crippen LogP) is -0.811. The summed E-state index contributed by atoms with van der Waals surface area (Å²) in [5, 5.41) is 42.2. The van der Waals surface area contributed by atoms with E-state index in [4.69, 9.17) is 47.3 Å². The molecule has 0 aromatic carbocycles. The van der Waals surface area contributed by atoms with Crippen LogP contribution in [0.1, 0.15) is 13.8 Å². The molecule has 0 aromatic heterocycles. The van der Waals surface area contributed by atoms with Gasteiger partial charge in [-0.15, -0.1) is 4.33 Å². The Morgan fingerprint density at radius 1 is 1.03 bits per heavy atom. The molecule has 0 radical (unpaired) electrons. The highest BCUT2D eigenvalue weighted by Gasteiger charge is 2.56. The minimum Gasteiger partial charge on any atom is -0.391 e. The molecule has 4 N–H and O–H groups in total. The van der Waals surface area contributed by atoms with Gasteiger partial charge in [0.2, 0.25) is 0 Å². The molecule has 15 nitrogen and oxygen atoms in total. The molecule has 2 fully saturated rings. The van der Waals surface area contributed by atoms with Gasteiger partial charge >= 0.3 is 0 Å². The second-order valence-corrected chi connectivity index (χ2v) is 11.8. The van der Waals surface area contributed by atoms with E-state index in [1.165, 1.54) is 21.3 Å². The van der Waals surface area contributed by atoms with Gasteiger partial charge in [0.15, 0.2) is 23.4 Å². The molecular formula is C21H41O15S2+. The molecule has 17 heteroatoms. The van der Waals surface area contributed by atoms with Crippen molar-refractivity contribution in [1.82, 2.24) is 0 Å². The van der Waals surface area contributed by atoms with E-state index < -0.39 is 64.7 Å². The van der Waals surface area contributed by atoms with E-state index >= 15 is 0 Å². The van der Waals surface area contributed by atoms with Crippen molar-refractivity contribution in [2.24, 2.45) is 0 Å². The summed E-state index contributed by atoms with van der Waals surface area (Å²) in [5.74, 6) is -0.561. The van der Waals surface area contributed by atoms with Crippen LogP contribution in [0.5, 0.6) is 0 Å². The third kappa shape index (κ3) is 10.2. The summed E-state index contributed by atoms with van der Waals surface area (Å²) in [6.07, 6.45) is -6.18. The minimum atomic E-state index is -1.14. The number of hydrogen-bond acceptors (Lipinski definition) is 16. The number of hydrogen-bond donors (Lipinski definition) is 4. The molecule has 38 heavy (non-hydrogen) atoms. The monoisotopic (exact) mass is 597 g/mol. The van der Waals surface area contributed by atoms with Gasteiger partial charge in [-0.25, -0.2) is 5.26 Å². The molecule has 0 aliphatic carbocycles. The highest BCUT2D eigenvalue weighted by atomic mass is 32.2. The van der Waals surface area contributed by atoms with Crippen molar-refractivity contribution < 1.29 is 72.0 Å². The van der Waals surface area contributed by atoms with Crippen molar-refractivity contribution in [3.8, 4) is 0 Å². The van der Waals surface area contributed by atoms with Gasteiger partial charge in [-0.2, -0.15) is 0 Å². The first-order valence-corrected chi connectivity index (χ1v) is 14.1. The zero-order chi connectivity index (χ0) is 28.1. The fourth-order valence-corrected chi connectivity index (χ4v) is 7.46. The van der Waals surface area contributed by atoms with Crippen LogP contribution in [0, 0.1) is 0 Å². The molecule has 2 saturated heterocycles. The summed E-state index contributed by atoms with van der Waals surface area (Å²) in [7, 11) is 3.78. The SMILES string of the molecule is COCOCC(OCOC)C(OCOC)[C@@H]1OC(C)(C)O[C@H](C[S@+]2C[C@@H](O)[C@H](O)[C@H]2CO)C1OSOOO. The van der Waals surface area contributed by atoms with Crippen molar-refractivity contribution in [3.05, 3.63) is 0 Å². The molecule has 2 heterocycles. The van der Waals surface area contributed by atoms with Crippen molar-refractivity contribution in [2.45, 2.75) is 67.6 Å². The second-order valence-electron chi connectivity index (χ2n) is 8.99. The smallest absolute Gasteiger partial charge is 0.198 e. The van der Waals surface area contributed by atoms with Crippen LogP contribution in [0.3, 0.4) is 0 Å². The lowest BCUT2D eigenvalue weighted by atomic mass is 9.97. The maximum atomic E-state index is 10.3. The number of ether oxygens (including phenoxy) is 8. The van der Waals surface area contributed by atoms with Gasteiger partial charge < -0.3 is 53.2 Å². The predicted molar refractivity (Wildman–Crippen MR) is 132 cm³/mol. The Morgan fingerprint density at radius 3 is 2.34 bits per heavy atom. The fraction of sp³-hybridized carbons (Fsp3) is 1.00. The zero-order valence-electron chi connectivity index (χ0n) is 22.2. The number of aliphatic hydroxyl groups is 3. The standard InChI is InChI=1S/C21H40O15S2/c1-21(2)32-15(9-38-8-13(23)17(24)16(38)6-22)19(34-37-36-35-25)20(33-21)18(31-12-28-5)14(30-11-27-4)7-29-10-26-3/h13-20,22-24H,6-12H2,1-5H3/p+1/t13-,14?,15-,16-,17+,18?,19?,20+,38+/m1/s1. The van der Waals surface area contributed by atoms with E-state index in [2.05, 4.69) is 9.37 Å². The van der Waals surface area contributed by atoms with Gasteiger partial charge in [-0.3, -0.25) is 4.18 Å². The van der Waals surface area contributed by atoms with Crippen molar-refractivity contribution in [2.75, 3.05) is 66.4 Å². The number of methoxy groups -OCH3 is 3. The Balaban J connectivity index is 2.40. The van der Waals surface area contributed by atoms with Crippen molar-refractivity contribution >= 4 is 23.2 Å². The van der Waals surface area contributed by atoms with Gasteiger partial charge in [-0.1, -0.05) is 5.04 Å². The Hall–Kier alpha value is 0.1000. The molecule has 0 bridgehead atoms. The van der Waals surface area contributed by atoms with Crippen LogP contribution in [0.25, 0.3) is 0 Å². The molecule has 0 aromatic rings. The largest absolute Gasteiger partial charge is 0.391 e. The van der Waals surface area contributed by atoms with Crippen LogP contribution in [-0.4, -0.2) is 141 Å². The van der Waals surface area contributed by atoms with Gasteiger partial charge in [0.05, 0.1) is 13.2 Å². The molecule has 3 unspecified atom stereocenters. The van der Waals surface area contributed by atoms with E-state index in [-0.39, 0.29) is 39.3 Å². The Labute approximate surface area is 229 Å². The molecule has 2 rings (SSSR count). The third-order valence-corrected chi connectivity index (χ3v) is 9.08. The quantitative estimate of drug-likeness (QED) is 0.0362. The molecule has 0 saturated carbocycles. The minimum absolute atomic E-state index is 0.0000528. The first-order valence-electron chi connectivity index (χ1n) is 11.8. The van der Waals surface area contributed by atoms with Gasteiger partial charge in [-0.05, 0) is 13.8 Å². The second kappa shape index (κ2) is 17.8. The normalized spacial score (nSPS) is 32.9. The van der Waals surface area contributed by atoms with Gasteiger partial charge in [0, 0.05) is 32.2 Å². The summed E-state index contributed by atoms with van der Waals surface area (Å²) in [6.45, 7) is 2.95. The van der Waals surface area contributed by atoms with Crippen LogP contribution in [-0.2, 0) is 62.3 Å². The van der Waals surface area contributed by atoms with E-state index in [0.29, 0.717) is 18.1 Å². The Morgan fingerprint density at radius 2 is 1.71 bits per heavy atom. The van der Waals surface area contributed by atoms with E-state index in [1.54, 1.807) is 13.8 Å². The Bertz CT molecular complexity index is 635. The van der Waals surface area contributed by atoms with Crippen LogP contribution >= 0.6 is 12.3 Å². The number of aliphatic hydroxyl groups excluding tert-OH is 3. The topological polar surface area (TPSA) is 182 Å². The Kier molecular flexibility index (Phi) is 16.1. The first kappa shape index (κ1) is 34.3. The fourth-order valence-electron chi connectivity index (χ4n) is 4.34. The molecule has 0 spiro atoms. The highest BCUT2D eigenvalue weighted by molar-refractivity contribution is 7.97. The third-order valence-electron chi connectivity index (χ3n) is 5.85. The highest BCUT2D eigenvalue weighted by Crippen LogP contribution is 2.37. The first-order chi connectivity index (χ1) is 18.2. The van der Waals surface area contributed by atoms with E-state index in [0.717, 1.165) is 0 Å². The van der Waals surface area contributed by atoms with Crippen molar-refractivity contribution in [1.29, 1.82) is 0 Å². The number of rotatable bonds is 19. The summed E-state index contributed by atoms with van der Waals surface area (Å²) < 4.78 is 55.4. The lowest BCUT2D eigenvalue weighted by Crippen LogP contribution is -2.63. The van der Waals surface area contributed by atoms with Gasteiger partial charge in [0.1, 0.15) is 74.6 Å². The van der Waals surface area contributed by atoms with E-state index in [9.17, 15) is 15.3 Å². The maximum absolute atomic E-state index is 10.3. The molecule has 2 aliphatic heterocycles.